The molecule has 0 spiro atoms. The summed E-state index contributed by atoms with van der Waals surface area (Å²) in [7, 11) is 0. The van der Waals surface area contributed by atoms with Crippen molar-refractivity contribution < 1.29 is 13.9 Å². The van der Waals surface area contributed by atoms with E-state index in [0.29, 0.717) is 52.8 Å². The standard InChI is InChI=1S/C27H19Cl3N2O4S/c1-3-35-26(34)23-14(2)31-27-32(24(23)15-4-7-17(28)8-5-15)25(33)22(37-27)13-18-9-11-21(36-18)16-6-10-19(29)20(30)12-16/h4-13,24H,3H2,1-2H3/b22-13-/t24-/m1/s1. The molecule has 1 aliphatic heterocycles. The Hall–Kier alpha value is -3.10. The molecule has 37 heavy (non-hydrogen) atoms. The Bertz CT molecular complexity index is 1730. The molecule has 2 aromatic carbocycles. The van der Waals surface area contributed by atoms with Crippen LogP contribution in [-0.4, -0.2) is 17.1 Å². The van der Waals surface area contributed by atoms with E-state index in [0.717, 1.165) is 5.56 Å². The van der Waals surface area contributed by atoms with Crippen molar-refractivity contribution in [3.05, 3.63) is 112 Å². The first-order chi connectivity index (χ1) is 17.8. The number of nitrogens with zero attached hydrogens (tertiary/aromatic N) is 2. The fraction of sp³-hybridized carbons (Fsp3) is 0.148. The van der Waals surface area contributed by atoms with Crippen LogP contribution in [0, 0.1) is 0 Å². The number of benzene rings is 2. The molecular formula is C27H19Cl3N2O4S. The van der Waals surface area contributed by atoms with Crippen LogP contribution in [0.4, 0.5) is 0 Å². The molecule has 0 saturated carbocycles. The zero-order chi connectivity index (χ0) is 26.3. The number of ether oxygens (including phenoxy) is 1. The van der Waals surface area contributed by atoms with Gasteiger partial charge in [-0.2, -0.15) is 0 Å². The molecule has 1 aliphatic rings. The number of furan rings is 1. The lowest BCUT2D eigenvalue weighted by Crippen LogP contribution is -2.39. The van der Waals surface area contributed by atoms with Gasteiger partial charge in [0.1, 0.15) is 11.5 Å². The van der Waals surface area contributed by atoms with Gasteiger partial charge in [0.05, 0.1) is 38.5 Å². The van der Waals surface area contributed by atoms with Crippen molar-refractivity contribution >= 4 is 58.2 Å². The molecule has 188 valence electrons. The number of aromatic nitrogens is 1. The molecule has 0 amide bonds. The van der Waals surface area contributed by atoms with Crippen molar-refractivity contribution in [3.63, 3.8) is 0 Å². The third-order valence-corrected chi connectivity index (χ3v) is 7.78. The summed E-state index contributed by atoms with van der Waals surface area (Å²) in [6.07, 6.45) is 1.66. The first-order valence-corrected chi connectivity index (χ1v) is 13.2. The van der Waals surface area contributed by atoms with Crippen molar-refractivity contribution in [1.82, 2.24) is 4.57 Å². The number of hydrogen-bond donors (Lipinski definition) is 0. The number of allylic oxidation sites excluding steroid dienone is 1. The van der Waals surface area contributed by atoms with Gasteiger partial charge in [0.2, 0.25) is 0 Å². The topological polar surface area (TPSA) is 73.8 Å². The Morgan fingerprint density at radius 3 is 2.57 bits per heavy atom. The van der Waals surface area contributed by atoms with Crippen LogP contribution in [0.2, 0.25) is 15.1 Å². The predicted octanol–water partition coefficient (Wildman–Crippen LogP) is 6.02. The molecule has 3 heterocycles. The van der Waals surface area contributed by atoms with E-state index < -0.39 is 12.0 Å². The van der Waals surface area contributed by atoms with Gasteiger partial charge in [-0.05, 0) is 61.9 Å². The van der Waals surface area contributed by atoms with Gasteiger partial charge >= 0.3 is 5.97 Å². The van der Waals surface area contributed by atoms with E-state index in [1.54, 1.807) is 74.5 Å². The molecule has 0 aliphatic carbocycles. The minimum Gasteiger partial charge on any atom is -0.463 e. The lowest BCUT2D eigenvalue weighted by molar-refractivity contribution is -0.139. The molecule has 1 atom stereocenters. The fourth-order valence-electron chi connectivity index (χ4n) is 4.12. The molecule has 0 unspecified atom stereocenters. The summed E-state index contributed by atoms with van der Waals surface area (Å²) >= 11 is 19.5. The second-order valence-corrected chi connectivity index (χ2v) is 10.4. The average Bonchev–Trinajstić information content (AvgIpc) is 3.45. The summed E-state index contributed by atoms with van der Waals surface area (Å²) in [4.78, 5) is 31.7. The lowest BCUT2D eigenvalue weighted by atomic mass is 9.96. The molecular weight excluding hydrogens is 555 g/mol. The maximum absolute atomic E-state index is 13.7. The summed E-state index contributed by atoms with van der Waals surface area (Å²) in [5, 5.41) is 1.41. The summed E-state index contributed by atoms with van der Waals surface area (Å²) in [5.41, 5.74) is 1.97. The Balaban J connectivity index is 1.62. The summed E-state index contributed by atoms with van der Waals surface area (Å²) < 4.78 is 13.2. The average molecular weight is 574 g/mol. The third kappa shape index (κ3) is 4.92. The van der Waals surface area contributed by atoms with Crippen molar-refractivity contribution in [2.24, 2.45) is 4.99 Å². The van der Waals surface area contributed by atoms with Gasteiger partial charge in [-0.15, -0.1) is 0 Å². The molecule has 5 rings (SSSR count). The second-order valence-electron chi connectivity index (χ2n) is 8.18. The Morgan fingerprint density at radius 2 is 1.86 bits per heavy atom. The smallest absolute Gasteiger partial charge is 0.338 e. The number of halogens is 3. The molecule has 10 heteroatoms. The van der Waals surface area contributed by atoms with Gasteiger partial charge in [-0.1, -0.05) is 58.3 Å². The van der Waals surface area contributed by atoms with Crippen LogP contribution in [0.25, 0.3) is 17.4 Å². The van der Waals surface area contributed by atoms with Crippen molar-refractivity contribution in [1.29, 1.82) is 0 Å². The van der Waals surface area contributed by atoms with E-state index in [-0.39, 0.29) is 12.2 Å². The minimum absolute atomic E-state index is 0.201. The predicted molar refractivity (Wildman–Crippen MR) is 146 cm³/mol. The van der Waals surface area contributed by atoms with E-state index in [2.05, 4.69) is 4.99 Å². The van der Waals surface area contributed by atoms with Gasteiger partial charge in [-0.25, -0.2) is 9.79 Å². The normalized spacial score (nSPS) is 15.5. The van der Waals surface area contributed by atoms with Gasteiger partial charge in [-0.3, -0.25) is 9.36 Å². The maximum atomic E-state index is 13.7. The second kappa shape index (κ2) is 10.3. The maximum Gasteiger partial charge on any atom is 0.338 e. The third-order valence-electron chi connectivity index (χ3n) is 5.81. The Kier molecular flexibility index (Phi) is 7.14. The van der Waals surface area contributed by atoms with Crippen LogP contribution in [0.1, 0.15) is 31.2 Å². The monoisotopic (exact) mass is 572 g/mol. The molecule has 0 bridgehead atoms. The van der Waals surface area contributed by atoms with Crippen LogP contribution in [-0.2, 0) is 9.53 Å². The van der Waals surface area contributed by atoms with Gasteiger partial charge < -0.3 is 9.15 Å². The van der Waals surface area contributed by atoms with E-state index in [1.807, 2.05) is 0 Å². The molecule has 6 nitrogen and oxygen atoms in total. The minimum atomic E-state index is -0.710. The number of thiazole rings is 1. The van der Waals surface area contributed by atoms with Gasteiger partial charge in [0, 0.05) is 16.7 Å². The summed E-state index contributed by atoms with van der Waals surface area (Å²) in [6.45, 7) is 3.67. The van der Waals surface area contributed by atoms with Crippen molar-refractivity contribution in [2.45, 2.75) is 19.9 Å². The number of fused-ring (bicyclic) bond motifs is 1. The highest BCUT2D eigenvalue weighted by Gasteiger charge is 2.33. The number of esters is 1. The number of rotatable bonds is 5. The highest BCUT2D eigenvalue weighted by Crippen LogP contribution is 2.32. The van der Waals surface area contributed by atoms with Crippen LogP contribution in [0.15, 0.2) is 80.1 Å². The van der Waals surface area contributed by atoms with E-state index in [1.165, 1.54) is 15.9 Å². The number of hydrogen-bond acceptors (Lipinski definition) is 6. The summed E-state index contributed by atoms with van der Waals surface area (Å²) in [6, 6.07) is 15.1. The largest absolute Gasteiger partial charge is 0.463 e. The van der Waals surface area contributed by atoms with Crippen LogP contribution < -0.4 is 14.9 Å². The lowest BCUT2D eigenvalue weighted by Gasteiger charge is -2.24. The highest BCUT2D eigenvalue weighted by molar-refractivity contribution is 7.07. The van der Waals surface area contributed by atoms with E-state index >= 15 is 0 Å². The first kappa shape index (κ1) is 25.5. The van der Waals surface area contributed by atoms with Crippen molar-refractivity contribution in [3.8, 4) is 11.3 Å². The number of carbonyl (C=O) groups is 1. The SMILES string of the molecule is CCOC(=O)C1=C(C)N=c2s/c(=C\c3ccc(-c4ccc(Cl)c(Cl)c4)o3)c(=O)n2[C@@H]1c1ccc(Cl)cc1. The fourth-order valence-corrected chi connectivity index (χ4v) is 5.57. The molecule has 4 aromatic rings. The summed E-state index contributed by atoms with van der Waals surface area (Å²) in [5.74, 6) is 0.545. The van der Waals surface area contributed by atoms with Crippen LogP contribution in [0.3, 0.4) is 0 Å². The van der Waals surface area contributed by atoms with Gasteiger partial charge in [0.15, 0.2) is 4.80 Å². The molecule has 2 aromatic heterocycles. The molecule has 0 radical (unpaired) electrons. The zero-order valence-corrected chi connectivity index (χ0v) is 22.7. The number of carbonyl (C=O) groups excluding carboxylic acids is 1. The van der Waals surface area contributed by atoms with E-state index in [4.69, 9.17) is 44.0 Å². The quantitative estimate of drug-likeness (QED) is 0.274. The highest BCUT2D eigenvalue weighted by atomic mass is 35.5. The Morgan fingerprint density at radius 1 is 1.11 bits per heavy atom. The molecule has 0 fully saturated rings. The first-order valence-electron chi connectivity index (χ1n) is 11.3. The van der Waals surface area contributed by atoms with Gasteiger partial charge in [0.25, 0.3) is 5.56 Å². The van der Waals surface area contributed by atoms with Crippen molar-refractivity contribution in [2.75, 3.05) is 6.61 Å². The van der Waals surface area contributed by atoms with E-state index in [9.17, 15) is 9.59 Å². The van der Waals surface area contributed by atoms with Crippen LogP contribution >= 0.6 is 46.1 Å². The Labute approximate surface area is 230 Å². The molecule has 0 saturated heterocycles. The van der Waals surface area contributed by atoms with Crippen LogP contribution in [0.5, 0.6) is 0 Å². The molecule has 0 N–H and O–H groups in total. The zero-order valence-electron chi connectivity index (χ0n) is 19.6.